The number of hydrogen-bond acceptors (Lipinski definition) is 1. The van der Waals surface area contributed by atoms with E-state index in [2.05, 4.69) is 58.9 Å². The van der Waals surface area contributed by atoms with Crippen LogP contribution < -0.4 is 5.73 Å². The molecule has 0 heterocycles. The van der Waals surface area contributed by atoms with Crippen molar-refractivity contribution in [3.8, 4) is 0 Å². The van der Waals surface area contributed by atoms with Gasteiger partial charge < -0.3 is 5.73 Å². The zero-order valence-electron chi connectivity index (χ0n) is 13.2. The monoisotopic (exact) mass is 259 g/mol. The SMILES string of the molecule is CC(C)(C)CC(C)(C)c1ccc(C2(CN)CC2)cc1. The van der Waals surface area contributed by atoms with Crippen LogP contribution in [0.3, 0.4) is 0 Å². The molecule has 2 N–H and O–H groups in total. The maximum atomic E-state index is 5.91. The molecule has 0 amide bonds. The van der Waals surface area contributed by atoms with Crippen LogP contribution in [0.4, 0.5) is 0 Å². The molecule has 1 aromatic rings. The van der Waals surface area contributed by atoms with Crippen molar-refractivity contribution < 1.29 is 0 Å². The fraction of sp³-hybridized carbons (Fsp3) is 0.667. The smallest absolute Gasteiger partial charge is 0.00762 e. The molecule has 0 saturated heterocycles. The summed E-state index contributed by atoms with van der Waals surface area (Å²) in [6, 6.07) is 9.24. The molecule has 0 spiro atoms. The highest BCUT2D eigenvalue weighted by atomic mass is 14.7. The first kappa shape index (κ1) is 14.6. The fourth-order valence-corrected chi connectivity index (χ4v) is 3.46. The molecule has 106 valence electrons. The Bertz CT molecular complexity index is 430. The van der Waals surface area contributed by atoms with Gasteiger partial charge in [-0.15, -0.1) is 0 Å². The van der Waals surface area contributed by atoms with Crippen LogP contribution in [0.2, 0.25) is 0 Å². The van der Waals surface area contributed by atoms with Crippen molar-refractivity contribution in [1.82, 2.24) is 0 Å². The minimum absolute atomic E-state index is 0.232. The Balaban J connectivity index is 2.18. The Hall–Kier alpha value is -0.820. The number of hydrogen-bond donors (Lipinski definition) is 1. The van der Waals surface area contributed by atoms with E-state index in [1.54, 1.807) is 0 Å². The van der Waals surface area contributed by atoms with E-state index in [9.17, 15) is 0 Å². The predicted octanol–water partition coefficient (Wildman–Crippen LogP) is 4.39. The lowest BCUT2D eigenvalue weighted by molar-refractivity contribution is 0.284. The second-order valence-corrected chi connectivity index (χ2v) is 8.18. The van der Waals surface area contributed by atoms with E-state index in [4.69, 9.17) is 5.73 Å². The van der Waals surface area contributed by atoms with Gasteiger partial charge in [0.2, 0.25) is 0 Å². The molecule has 1 fully saturated rings. The van der Waals surface area contributed by atoms with E-state index in [0.29, 0.717) is 10.8 Å². The molecule has 0 bridgehead atoms. The first-order chi connectivity index (χ1) is 8.69. The maximum Gasteiger partial charge on any atom is 0.00762 e. The summed E-state index contributed by atoms with van der Waals surface area (Å²) < 4.78 is 0. The van der Waals surface area contributed by atoms with Crippen molar-refractivity contribution in [2.45, 2.75) is 64.7 Å². The molecule has 1 aliphatic rings. The van der Waals surface area contributed by atoms with Gasteiger partial charge >= 0.3 is 0 Å². The molecule has 1 aliphatic carbocycles. The average Bonchev–Trinajstić information content (AvgIpc) is 3.07. The van der Waals surface area contributed by atoms with Gasteiger partial charge in [0, 0.05) is 12.0 Å². The second kappa shape index (κ2) is 4.63. The summed E-state index contributed by atoms with van der Waals surface area (Å²) in [5, 5.41) is 0. The third kappa shape index (κ3) is 3.20. The van der Waals surface area contributed by atoms with Crippen molar-refractivity contribution in [1.29, 1.82) is 0 Å². The van der Waals surface area contributed by atoms with Gasteiger partial charge in [0.15, 0.2) is 0 Å². The third-order valence-corrected chi connectivity index (χ3v) is 4.50. The summed E-state index contributed by atoms with van der Waals surface area (Å²) in [5.41, 5.74) is 9.69. The fourth-order valence-electron chi connectivity index (χ4n) is 3.46. The zero-order valence-corrected chi connectivity index (χ0v) is 13.2. The van der Waals surface area contributed by atoms with Crippen LogP contribution in [0.25, 0.3) is 0 Å². The van der Waals surface area contributed by atoms with Crippen molar-refractivity contribution in [3.05, 3.63) is 35.4 Å². The number of nitrogens with two attached hydrogens (primary N) is 1. The molecule has 1 saturated carbocycles. The van der Waals surface area contributed by atoms with E-state index in [-0.39, 0.29) is 5.41 Å². The molecule has 2 rings (SSSR count). The topological polar surface area (TPSA) is 26.0 Å². The zero-order chi connectivity index (χ0) is 14.3. The average molecular weight is 259 g/mol. The molecule has 0 radical (unpaired) electrons. The van der Waals surface area contributed by atoms with Crippen molar-refractivity contribution in [2.75, 3.05) is 6.54 Å². The molecule has 1 aromatic carbocycles. The molecular weight excluding hydrogens is 230 g/mol. The standard InChI is InChI=1S/C18H29N/c1-16(2,3)12-17(4,5)14-6-8-15(9-7-14)18(13-19)10-11-18/h6-9H,10-13,19H2,1-5H3. The van der Waals surface area contributed by atoms with Gasteiger partial charge in [-0.3, -0.25) is 0 Å². The van der Waals surface area contributed by atoms with Crippen LogP contribution in [0.1, 0.15) is 65.0 Å². The van der Waals surface area contributed by atoms with Gasteiger partial charge in [-0.05, 0) is 41.2 Å². The number of rotatable bonds is 4. The first-order valence-corrected chi connectivity index (χ1v) is 7.50. The molecule has 1 heteroatoms. The predicted molar refractivity (Wildman–Crippen MR) is 83.5 cm³/mol. The molecule has 1 nitrogen and oxygen atoms in total. The van der Waals surface area contributed by atoms with E-state index in [0.717, 1.165) is 6.54 Å². The Kier molecular flexibility index (Phi) is 3.55. The molecule has 0 atom stereocenters. The van der Waals surface area contributed by atoms with Gasteiger partial charge in [-0.1, -0.05) is 58.9 Å². The van der Waals surface area contributed by atoms with Crippen molar-refractivity contribution in [3.63, 3.8) is 0 Å². The van der Waals surface area contributed by atoms with Gasteiger partial charge in [-0.2, -0.15) is 0 Å². The van der Waals surface area contributed by atoms with Gasteiger partial charge in [0.05, 0.1) is 0 Å². The molecule has 0 aliphatic heterocycles. The Labute approximate surface area is 118 Å². The Morgan fingerprint density at radius 2 is 1.53 bits per heavy atom. The van der Waals surface area contributed by atoms with E-state index < -0.39 is 0 Å². The molecule has 19 heavy (non-hydrogen) atoms. The quantitative estimate of drug-likeness (QED) is 0.852. The van der Waals surface area contributed by atoms with E-state index in [1.807, 2.05) is 0 Å². The lowest BCUT2D eigenvalue weighted by Gasteiger charge is -2.33. The second-order valence-electron chi connectivity index (χ2n) is 8.18. The van der Waals surface area contributed by atoms with Gasteiger partial charge in [0.25, 0.3) is 0 Å². The summed E-state index contributed by atoms with van der Waals surface area (Å²) >= 11 is 0. The number of benzene rings is 1. The van der Waals surface area contributed by atoms with Crippen LogP contribution in [-0.4, -0.2) is 6.54 Å². The molecule has 0 unspecified atom stereocenters. The van der Waals surface area contributed by atoms with Crippen molar-refractivity contribution >= 4 is 0 Å². The highest BCUT2D eigenvalue weighted by Crippen LogP contribution is 2.47. The highest BCUT2D eigenvalue weighted by molar-refractivity contribution is 5.36. The first-order valence-electron chi connectivity index (χ1n) is 7.50. The lowest BCUT2D eigenvalue weighted by atomic mass is 9.72. The van der Waals surface area contributed by atoms with Gasteiger partial charge in [0.1, 0.15) is 0 Å². The Morgan fingerprint density at radius 3 is 1.89 bits per heavy atom. The summed E-state index contributed by atoms with van der Waals surface area (Å²) in [5.74, 6) is 0. The summed E-state index contributed by atoms with van der Waals surface area (Å²) in [7, 11) is 0. The minimum Gasteiger partial charge on any atom is -0.330 e. The minimum atomic E-state index is 0.232. The van der Waals surface area contributed by atoms with Crippen LogP contribution in [0.5, 0.6) is 0 Å². The summed E-state index contributed by atoms with van der Waals surface area (Å²) in [4.78, 5) is 0. The summed E-state index contributed by atoms with van der Waals surface area (Å²) in [6.45, 7) is 12.4. The van der Waals surface area contributed by atoms with Crippen LogP contribution >= 0.6 is 0 Å². The molecular formula is C18H29N. The van der Waals surface area contributed by atoms with Gasteiger partial charge in [-0.25, -0.2) is 0 Å². The van der Waals surface area contributed by atoms with Crippen LogP contribution in [0.15, 0.2) is 24.3 Å². The summed E-state index contributed by atoms with van der Waals surface area (Å²) in [6.07, 6.45) is 3.71. The lowest BCUT2D eigenvalue weighted by Crippen LogP contribution is -2.25. The van der Waals surface area contributed by atoms with Crippen LogP contribution in [0, 0.1) is 5.41 Å². The largest absolute Gasteiger partial charge is 0.330 e. The van der Waals surface area contributed by atoms with Crippen molar-refractivity contribution in [2.24, 2.45) is 11.1 Å². The normalized spacial score (nSPS) is 18.4. The molecule has 0 aromatic heterocycles. The maximum absolute atomic E-state index is 5.91. The van der Waals surface area contributed by atoms with E-state index in [1.165, 1.54) is 30.4 Å². The van der Waals surface area contributed by atoms with E-state index >= 15 is 0 Å². The Morgan fingerprint density at radius 1 is 1.00 bits per heavy atom. The highest BCUT2D eigenvalue weighted by Gasteiger charge is 2.42. The third-order valence-electron chi connectivity index (χ3n) is 4.50. The van der Waals surface area contributed by atoms with Crippen LogP contribution in [-0.2, 0) is 10.8 Å².